The third-order valence-corrected chi connectivity index (χ3v) is 3.53. The van der Waals surface area contributed by atoms with Crippen LogP contribution in [0.1, 0.15) is 50.4 Å². The molecule has 0 aliphatic carbocycles. The molecule has 94 valence electrons. The zero-order valence-electron chi connectivity index (χ0n) is 11.3. The summed E-state index contributed by atoms with van der Waals surface area (Å²) in [4.78, 5) is 7.08. The van der Waals surface area contributed by atoms with Crippen molar-refractivity contribution in [3.05, 3.63) is 29.6 Å². The van der Waals surface area contributed by atoms with Crippen LogP contribution in [-0.4, -0.2) is 23.0 Å². The molecule has 1 aliphatic rings. The van der Waals surface area contributed by atoms with Gasteiger partial charge in [-0.25, -0.2) is 0 Å². The number of rotatable bonds is 3. The van der Waals surface area contributed by atoms with Crippen molar-refractivity contribution < 1.29 is 0 Å². The summed E-state index contributed by atoms with van der Waals surface area (Å²) in [5.41, 5.74) is 2.51. The van der Waals surface area contributed by atoms with Gasteiger partial charge in [-0.1, -0.05) is 26.3 Å². The molecule has 1 saturated heterocycles. The molecule has 2 heterocycles. The molecule has 17 heavy (non-hydrogen) atoms. The van der Waals surface area contributed by atoms with Gasteiger partial charge in [0.25, 0.3) is 0 Å². The van der Waals surface area contributed by atoms with Gasteiger partial charge in [-0.3, -0.25) is 9.88 Å². The van der Waals surface area contributed by atoms with E-state index in [1.54, 1.807) is 0 Å². The van der Waals surface area contributed by atoms with Gasteiger partial charge < -0.3 is 0 Å². The number of pyridine rings is 1. The molecule has 2 nitrogen and oxygen atoms in total. The van der Waals surface area contributed by atoms with Crippen LogP contribution in [0.2, 0.25) is 0 Å². The van der Waals surface area contributed by atoms with Crippen LogP contribution in [0.15, 0.2) is 18.3 Å². The van der Waals surface area contributed by atoms with E-state index >= 15 is 0 Å². The van der Waals surface area contributed by atoms with Gasteiger partial charge in [0.1, 0.15) is 0 Å². The molecule has 0 unspecified atom stereocenters. The highest BCUT2D eigenvalue weighted by Gasteiger charge is 2.24. The minimum absolute atomic E-state index is 0.597. The Morgan fingerprint density at radius 2 is 2.18 bits per heavy atom. The molecule has 0 spiro atoms. The zero-order valence-corrected chi connectivity index (χ0v) is 11.3. The summed E-state index contributed by atoms with van der Waals surface area (Å²) in [6.07, 6.45) is 6.06. The molecule has 0 N–H and O–H groups in total. The van der Waals surface area contributed by atoms with Gasteiger partial charge in [0, 0.05) is 24.5 Å². The van der Waals surface area contributed by atoms with E-state index < -0.39 is 0 Å². The monoisotopic (exact) mass is 232 g/mol. The third kappa shape index (κ3) is 3.29. The van der Waals surface area contributed by atoms with E-state index in [0.717, 1.165) is 11.6 Å². The highest BCUT2D eigenvalue weighted by atomic mass is 15.2. The molecular formula is C15H24N2. The van der Waals surface area contributed by atoms with E-state index in [9.17, 15) is 0 Å². The van der Waals surface area contributed by atoms with Crippen molar-refractivity contribution in [2.45, 2.75) is 46.1 Å². The largest absolute Gasteiger partial charge is 0.296 e. The van der Waals surface area contributed by atoms with Crippen LogP contribution in [0.3, 0.4) is 0 Å². The molecule has 2 rings (SSSR count). The van der Waals surface area contributed by atoms with Crippen molar-refractivity contribution in [3.63, 3.8) is 0 Å². The van der Waals surface area contributed by atoms with Crippen LogP contribution in [0.4, 0.5) is 0 Å². The van der Waals surface area contributed by atoms with Gasteiger partial charge in [0.2, 0.25) is 0 Å². The van der Waals surface area contributed by atoms with E-state index in [1.165, 1.54) is 37.9 Å². The maximum Gasteiger partial charge on any atom is 0.0372 e. The Labute approximate surface area is 105 Å². The number of likely N-dealkylation sites (tertiary alicyclic amines) is 1. The zero-order chi connectivity index (χ0) is 12.3. The van der Waals surface area contributed by atoms with Crippen molar-refractivity contribution in [1.29, 1.82) is 0 Å². The van der Waals surface area contributed by atoms with Crippen LogP contribution >= 0.6 is 0 Å². The molecule has 1 aromatic heterocycles. The van der Waals surface area contributed by atoms with Crippen LogP contribution in [0, 0.1) is 12.8 Å². The van der Waals surface area contributed by atoms with E-state index in [2.05, 4.69) is 49.0 Å². The number of hydrogen-bond acceptors (Lipinski definition) is 2. The van der Waals surface area contributed by atoms with E-state index in [0.29, 0.717) is 6.04 Å². The van der Waals surface area contributed by atoms with Crippen LogP contribution < -0.4 is 0 Å². The first-order valence-electron chi connectivity index (χ1n) is 6.83. The molecule has 0 aromatic carbocycles. The molecule has 1 fully saturated rings. The summed E-state index contributed by atoms with van der Waals surface area (Å²) in [6, 6.07) is 4.99. The Kier molecular flexibility index (Phi) is 4.16. The summed E-state index contributed by atoms with van der Waals surface area (Å²) in [5, 5.41) is 0. The highest BCUT2D eigenvalue weighted by molar-refractivity contribution is 5.18. The van der Waals surface area contributed by atoms with Gasteiger partial charge in [-0.05, 0) is 43.9 Å². The average Bonchev–Trinajstić information content (AvgIpc) is 2.30. The smallest absolute Gasteiger partial charge is 0.0372 e. The first kappa shape index (κ1) is 12.6. The Morgan fingerprint density at radius 3 is 2.82 bits per heavy atom. The fourth-order valence-electron chi connectivity index (χ4n) is 2.73. The van der Waals surface area contributed by atoms with Crippen molar-refractivity contribution in [2.24, 2.45) is 5.92 Å². The Morgan fingerprint density at radius 1 is 1.35 bits per heavy atom. The van der Waals surface area contributed by atoms with Gasteiger partial charge >= 0.3 is 0 Å². The minimum Gasteiger partial charge on any atom is -0.296 e. The fraction of sp³-hybridized carbons (Fsp3) is 0.667. The molecular weight excluding hydrogens is 208 g/mol. The van der Waals surface area contributed by atoms with Gasteiger partial charge in [-0.2, -0.15) is 0 Å². The number of hydrogen-bond donors (Lipinski definition) is 0. The predicted molar refractivity (Wildman–Crippen MR) is 72.0 cm³/mol. The van der Waals surface area contributed by atoms with Crippen molar-refractivity contribution in [3.8, 4) is 0 Å². The molecule has 1 aliphatic heterocycles. The number of aryl methyl sites for hydroxylation is 1. The Hall–Kier alpha value is -0.890. The minimum atomic E-state index is 0.597. The fourth-order valence-corrected chi connectivity index (χ4v) is 2.73. The molecule has 0 bridgehead atoms. The quantitative estimate of drug-likeness (QED) is 0.792. The lowest BCUT2D eigenvalue weighted by atomic mass is 9.95. The number of nitrogens with zero attached hydrogens (tertiary/aromatic N) is 2. The second-order valence-corrected chi connectivity index (χ2v) is 5.63. The molecule has 1 aromatic rings. The van der Waals surface area contributed by atoms with E-state index in [-0.39, 0.29) is 0 Å². The first-order valence-corrected chi connectivity index (χ1v) is 6.83. The lowest BCUT2D eigenvalue weighted by Crippen LogP contribution is -2.36. The Balaban J connectivity index is 2.12. The SMILES string of the molecule is Cc1ccc([C@H]2CCCCN2CC(C)C)cn1. The van der Waals surface area contributed by atoms with E-state index in [4.69, 9.17) is 0 Å². The van der Waals surface area contributed by atoms with E-state index in [1.807, 2.05) is 0 Å². The van der Waals surface area contributed by atoms with Crippen molar-refractivity contribution >= 4 is 0 Å². The Bertz CT molecular complexity index is 342. The number of piperidine rings is 1. The van der Waals surface area contributed by atoms with Crippen molar-refractivity contribution in [2.75, 3.05) is 13.1 Å². The van der Waals surface area contributed by atoms with Crippen molar-refractivity contribution in [1.82, 2.24) is 9.88 Å². The normalized spacial score (nSPS) is 22.0. The standard InChI is InChI=1S/C15H24N2/c1-12(2)11-17-9-5-4-6-15(17)14-8-7-13(3)16-10-14/h7-8,10,12,15H,4-6,9,11H2,1-3H3/t15-/m1/s1. The second-order valence-electron chi connectivity index (χ2n) is 5.63. The highest BCUT2D eigenvalue weighted by Crippen LogP contribution is 2.30. The predicted octanol–water partition coefficient (Wildman–Crippen LogP) is 3.57. The first-order chi connectivity index (χ1) is 8.16. The maximum atomic E-state index is 4.44. The molecule has 1 atom stereocenters. The molecule has 0 amide bonds. The average molecular weight is 232 g/mol. The topological polar surface area (TPSA) is 16.1 Å². The number of aromatic nitrogens is 1. The molecule has 0 radical (unpaired) electrons. The van der Waals surface area contributed by atoms with Crippen LogP contribution in [0.25, 0.3) is 0 Å². The lowest BCUT2D eigenvalue weighted by Gasteiger charge is -2.37. The second kappa shape index (κ2) is 5.63. The summed E-state index contributed by atoms with van der Waals surface area (Å²) in [7, 11) is 0. The van der Waals surface area contributed by atoms with Gasteiger partial charge in [0.05, 0.1) is 0 Å². The van der Waals surface area contributed by atoms with Gasteiger partial charge in [-0.15, -0.1) is 0 Å². The van der Waals surface area contributed by atoms with Gasteiger partial charge in [0.15, 0.2) is 0 Å². The summed E-state index contributed by atoms with van der Waals surface area (Å²) < 4.78 is 0. The summed E-state index contributed by atoms with van der Waals surface area (Å²) in [6.45, 7) is 9.11. The van der Waals surface area contributed by atoms with Crippen LogP contribution in [-0.2, 0) is 0 Å². The summed E-state index contributed by atoms with van der Waals surface area (Å²) >= 11 is 0. The van der Waals surface area contributed by atoms with Crippen LogP contribution in [0.5, 0.6) is 0 Å². The maximum absolute atomic E-state index is 4.44. The third-order valence-electron chi connectivity index (χ3n) is 3.53. The summed E-state index contributed by atoms with van der Waals surface area (Å²) in [5.74, 6) is 0.744. The lowest BCUT2D eigenvalue weighted by molar-refractivity contribution is 0.132. The molecule has 0 saturated carbocycles. The molecule has 2 heteroatoms.